The molecule has 0 spiro atoms. The summed E-state index contributed by atoms with van der Waals surface area (Å²) in [6.45, 7) is 0. The Morgan fingerprint density at radius 1 is 1.35 bits per heavy atom. The van der Waals surface area contributed by atoms with E-state index in [1.165, 1.54) is 13.2 Å². The topological polar surface area (TPSA) is 96.5 Å². The molecule has 0 radical (unpaired) electrons. The molecule has 0 bridgehead atoms. The van der Waals surface area contributed by atoms with Gasteiger partial charge in [-0.2, -0.15) is 0 Å². The van der Waals surface area contributed by atoms with Crippen LogP contribution >= 0.6 is 11.6 Å². The summed E-state index contributed by atoms with van der Waals surface area (Å²) in [5, 5.41) is 2.99. The molecule has 20 heavy (non-hydrogen) atoms. The number of benzene rings is 1. The van der Waals surface area contributed by atoms with E-state index in [2.05, 4.69) is 16.2 Å². The van der Waals surface area contributed by atoms with Crippen LogP contribution in [0.25, 0.3) is 0 Å². The molecular formula is C12H12ClN3O4. The van der Waals surface area contributed by atoms with E-state index in [0.717, 1.165) is 0 Å². The molecule has 1 fully saturated rings. The molecule has 106 valence electrons. The number of amides is 3. The van der Waals surface area contributed by atoms with Crippen LogP contribution in [0, 0.1) is 5.92 Å². The highest BCUT2D eigenvalue weighted by Crippen LogP contribution is 2.28. The summed E-state index contributed by atoms with van der Waals surface area (Å²) < 4.78 is 5.08. The van der Waals surface area contributed by atoms with Gasteiger partial charge >= 0.3 is 0 Å². The van der Waals surface area contributed by atoms with Crippen LogP contribution in [0.1, 0.15) is 6.42 Å². The third-order valence-corrected chi connectivity index (χ3v) is 3.00. The maximum atomic E-state index is 11.9. The Morgan fingerprint density at radius 2 is 2.00 bits per heavy atom. The zero-order valence-electron chi connectivity index (χ0n) is 10.5. The van der Waals surface area contributed by atoms with Gasteiger partial charge < -0.3 is 10.1 Å². The monoisotopic (exact) mass is 297 g/mol. The fraction of sp³-hybridized carbons (Fsp3) is 0.250. The van der Waals surface area contributed by atoms with Crippen molar-refractivity contribution in [1.29, 1.82) is 0 Å². The van der Waals surface area contributed by atoms with Crippen molar-refractivity contribution in [2.24, 2.45) is 5.92 Å². The van der Waals surface area contributed by atoms with Gasteiger partial charge in [-0.05, 0) is 18.2 Å². The van der Waals surface area contributed by atoms with Gasteiger partial charge in [0.2, 0.25) is 5.91 Å². The highest BCUT2D eigenvalue weighted by Gasteiger charge is 2.34. The number of nitrogens with one attached hydrogen (secondary N) is 3. The van der Waals surface area contributed by atoms with Gasteiger partial charge in [0.05, 0.1) is 12.8 Å². The molecule has 7 nitrogen and oxygen atoms in total. The number of ether oxygens (including phenoxy) is 1. The lowest BCUT2D eigenvalue weighted by Crippen LogP contribution is -2.28. The Balaban J connectivity index is 2.06. The number of hydrazine groups is 1. The van der Waals surface area contributed by atoms with Crippen LogP contribution < -0.4 is 20.9 Å². The zero-order chi connectivity index (χ0) is 14.7. The summed E-state index contributed by atoms with van der Waals surface area (Å²) in [4.78, 5) is 34.5. The standard InChI is InChI=1S/C12H12ClN3O4/c1-20-9-3-2-6(13)4-8(9)14-10(17)5-7-11(18)15-16-12(7)19/h2-4,7H,5H2,1H3,(H,14,17)(H,15,18)(H,16,19). The van der Waals surface area contributed by atoms with Gasteiger partial charge in [-0.1, -0.05) is 11.6 Å². The first-order valence-electron chi connectivity index (χ1n) is 5.74. The van der Waals surface area contributed by atoms with E-state index in [1.54, 1.807) is 12.1 Å². The number of halogens is 1. The molecule has 2 rings (SSSR count). The summed E-state index contributed by atoms with van der Waals surface area (Å²) in [5.41, 5.74) is 4.69. The van der Waals surface area contributed by atoms with E-state index in [4.69, 9.17) is 16.3 Å². The van der Waals surface area contributed by atoms with E-state index in [1.807, 2.05) is 0 Å². The van der Waals surface area contributed by atoms with Gasteiger partial charge in [0.25, 0.3) is 11.8 Å². The minimum Gasteiger partial charge on any atom is -0.495 e. The van der Waals surface area contributed by atoms with Crippen molar-refractivity contribution in [3.8, 4) is 5.75 Å². The van der Waals surface area contributed by atoms with Crippen molar-refractivity contribution >= 4 is 35.0 Å². The average molecular weight is 298 g/mol. The van der Waals surface area contributed by atoms with Crippen LogP contribution in [0.5, 0.6) is 5.75 Å². The van der Waals surface area contributed by atoms with Crippen LogP contribution in [0.4, 0.5) is 5.69 Å². The minimum atomic E-state index is -1.03. The lowest BCUT2D eigenvalue weighted by atomic mass is 10.1. The second kappa shape index (κ2) is 5.79. The molecule has 0 aromatic heterocycles. The molecule has 1 heterocycles. The Morgan fingerprint density at radius 3 is 2.60 bits per heavy atom. The summed E-state index contributed by atoms with van der Waals surface area (Å²) in [5.74, 6) is -2.13. The first kappa shape index (κ1) is 14.1. The first-order chi connectivity index (χ1) is 9.51. The lowest BCUT2D eigenvalue weighted by Gasteiger charge is -2.11. The van der Waals surface area contributed by atoms with Crippen LogP contribution in [-0.4, -0.2) is 24.8 Å². The van der Waals surface area contributed by atoms with Crippen molar-refractivity contribution < 1.29 is 19.1 Å². The molecule has 3 N–H and O–H groups in total. The van der Waals surface area contributed by atoms with Gasteiger partial charge in [0.1, 0.15) is 11.7 Å². The number of anilines is 1. The molecule has 1 aromatic rings. The molecule has 1 saturated heterocycles. The van der Waals surface area contributed by atoms with Crippen LogP contribution in [0.15, 0.2) is 18.2 Å². The van der Waals surface area contributed by atoms with Gasteiger partial charge in [0.15, 0.2) is 0 Å². The lowest BCUT2D eigenvalue weighted by molar-refractivity contribution is -0.131. The first-order valence-corrected chi connectivity index (χ1v) is 6.12. The largest absolute Gasteiger partial charge is 0.495 e. The molecule has 8 heteroatoms. The highest BCUT2D eigenvalue weighted by molar-refractivity contribution is 6.31. The average Bonchev–Trinajstić information content (AvgIpc) is 2.71. The second-order valence-corrected chi connectivity index (χ2v) is 4.56. The molecule has 1 aliphatic heterocycles. The third kappa shape index (κ3) is 3.00. The minimum absolute atomic E-state index is 0.257. The van der Waals surface area contributed by atoms with Gasteiger partial charge in [-0.3, -0.25) is 25.2 Å². The number of hydrogen-bond donors (Lipinski definition) is 3. The molecule has 3 amide bonds. The fourth-order valence-corrected chi connectivity index (χ4v) is 1.94. The SMILES string of the molecule is COc1ccc(Cl)cc1NC(=O)CC1C(=O)NNC1=O. The Labute approximate surface area is 119 Å². The number of hydrogen-bond acceptors (Lipinski definition) is 4. The van der Waals surface area contributed by atoms with Crippen molar-refractivity contribution in [3.05, 3.63) is 23.2 Å². The summed E-state index contributed by atoms with van der Waals surface area (Å²) in [7, 11) is 1.46. The van der Waals surface area contributed by atoms with E-state index in [9.17, 15) is 14.4 Å². The van der Waals surface area contributed by atoms with Gasteiger partial charge in [-0.15, -0.1) is 0 Å². The molecule has 1 aliphatic rings. The normalized spacial score (nSPS) is 14.7. The van der Waals surface area contributed by atoms with E-state index in [0.29, 0.717) is 16.5 Å². The number of carbonyl (C=O) groups excluding carboxylic acids is 3. The van der Waals surface area contributed by atoms with Gasteiger partial charge in [0, 0.05) is 11.4 Å². The molecule has 0 atom stereocenters. The van der Waals surface area contributed by atoms with Crippen LogP contribution in [0.3, 0.4) is 0 Å². The zero-order valence-corrected chi connectivity index (χ0v) is 11.3. The predicted octanol–water partition coefficient (Wildman–Crippen LogP) is 0.454. The summed E-state index contributed by atoms with van der Waals surface area (Å²) in [6.07, 6.45) is -0.257. The predicted molar refractivity (Wildman–Crippen MR) is 71.0 cm³/mol. The van der Waals surface area contributed by atoms with E-state index in [-0.39, 0.29) is 6.42 Å². The van der Waals surface area contributed by atoms with Crippen molar-refractivity contribution in [2.45, 2.75) is 6.42 Å². The third-order valence-electron chi connectivity index (χ3n) is 2.77. The molecule has 1 aromatic carbocycles. The van der Waals surface area contributed by atoms with Crippen molar-refractivity contribution in [2.75, 3.05) is 12.4 Å². The molecule has 0 aliphatic carbocycles. The fourth-order valence-electron chi connectivity index (χ4n) is 1.77. The Hall–Kier alpha value is -2.28. The van der Waals surface area contributed by atoms with Gasteiger partial charge in [-0.25, -0.2) is 0 Å². The maximum absolute atomic E-state index is 11.9. The van der Waals surface area contributed by atoms with Crippen LogP contribution in [-0.2, 0) is 14.4 Å². The molecule has 0 saturated carbocycles. The highest BCUT2D eigenvalue weighted by atomic mass is 35.5. The summed E-state index contributed by atoms with van der Waals surface area (Å²) >= 11 is 5.84. The maximum Gasteiger partial charge on any atom is 0.251 e. The summed E-state index contributed by atoms with van der Waals surface area (Å²) in [6, 6.07) is 4.74. The molecular weight excluding hydrogens is 286 g/mol. The van der Waals surface area contributed by atoms with Crippen molar-refractivity contribution in [1.82, 2.24) is 10.9 Å². The second-order valence-electron chi connectivity index (χ2n) is 4.13. The Bertz CT molecular complexity index is 560. The van der Waals surface area contributed by atoms with E-state index >= 15 is 0 Å². The van der Waals surface area contributed by atoms with E-state index < -0.39 is 23.6 Å². The van der Waals surface area contributed by atoms with Crippen LogP contribution in [0.2, 0.25) is 5.02 Å². The number of rotatable bonds is 4. The Kier molecular flexibility index (Phi) is 4.09. The smallest absolute Gasteiger partial charge is 0.251 e. The quantitative estimate of drug-likeness (QED) is 0.703. The number of carbonyl (C=O) groups is 3. The van der Waals surface area contributed by atoms with Crippen molar-refractivity contribution in [3.63, 3.8) is 0 Å². The number of methoxy groups -OCH3 is 1. The molecule has 0 unspecified atom stereocenters.